The topological polar surface area (TPSA) is 0 Å². The summed E-state index contributed by atoms with van der Waals surface area (Å²) in [7, 11) is 0. The molecule has 0 heteroatoms. The largest absolute Gasteiger partial charge is 0.0776 e. The Labute approximate surface area is 79.8 Å². The third-order valence-corrected chi connectivity index (χ3v) is 2.14. The highest BCUT2D eigenvalue weighted by Crippen LogP contribution is 2.10. The van der Waals surface area contributed by atoms with Crippen molar-refractivity contribution in [3.63, 3.8) is 0 Å². The van der Waals surface area contributed by atoms with Gasteiger partial charge >= 0.3 is 0 Å². The first kappa shape index (κ1) is 14.5. The van der Waals surface area contributed by atoms with E-state index in [0.717, 1.165) is 5.92 Å². The minimum Gasteiger partial charge on any atom is -0.0776 e. The standard InChI is InChI=1S/C11H24.CH4/c1-4-5-6-7-8-9-10-11(2)3;/h11H,4-10H2,1-3H3;1H4. The monoisotopic (exact) mass is 172 g/mol. The first-order chi connectivity index (χ1) is 5.27. The Morgan fingerprint density at radius 2 is 1.33 bits per heavy atom. The van der Waals surface area contributed by atoms with Crippen LogP contribution in [0.4, 0.5) is 0 Å². The van der Waals surface area contributed by atoms with Gasteiger partial charge in [-0.05, 0) is 5.92 Å². The second kappa shape index (κ2) is 11.0. The molecule has 0 heterocycles. The lowest BCUT2D eigenvalue weighted by molar-refractivity contribution is 0.514. The molecule has 0 aliphatic heterocycles. The molecule has 0 radical (unpaired) electrons. The molecule has 0 fully saturated rings. The van der Waals surface area contributed by atoms with Crippen LogP contribution < -0.4 is 0 Å². The van der Waals surface area contributed by atoms with E-state index in [1.165, 1.54) is 44.9 Å². The van der Waals surface area contributed by atoms with Crippen molar-refractivity contribution in [1.29, 1.82) is 0 Å². The van der Waals surface area contributed by atoms with Gasteiger partial charge < -0.3 is 0 Å². The van der Waals surface area contributed by atoms with Crippen LogP contribution >= 0.6 is 0 Å². The maximum atomic E-state index is 2.31. The minimum atomic E-state index is 0. The van der Waals surface area contributed by atoms with E-state index >= 15 is 0 Å². The molecule has 0 aliphatic rings. The van der Waals surface area contributed by atoms with Crippen molar-refractivity contribution < 1.29 is 0 Å². The van der Waals surface area contributed by atoms with Gasteiger partial charge in [-0.25, -0.2) is 0 Å². The fourth-order valence-corrected chi connectivity index (χ4v) is 1.33. The van der Waals surface area contributed by atoms with Crippen molar-refractivity contribution in [1.82, 2.24) is 0 Å². The van der Waals surface area contributed by atoms with Gasteiger partial charge in [0.15, 0.2) is 0 Å². The van der Waals surface area contributed by atoms with E-state index < -0.39 is 0 Å². The van der Waals surface area contributed by atoms with Gasteiger partial charge in [0.2, 0.25) is 0 Å². The van der Waals surface area contributed by atoms with Gasteiger partial charge in [-0.3, -0.25) is 0 Å². The molecule has 0 aromatic heterocycles. The van der Waals surface area contributed by atoms with E-state index in [9.17, 15) is 0 Å². The summed E-state index contributed by atoms with van der Waals surface area (Å²) in [6, 6.07) is 0. The SMILES string of the molecule is C.CCCCCCCCC(C)C. The van der Waals surface area contributed by atoms with E-state index in [2.05, 4.69) is 20.8 Å². The molecule has 0 nitrogen and oxygen atoms in total. The van der Waals surface area contributed by atoms with Crippen LogP contribution in [0.15, 0.2) is 0 Å². The number of unbranched alkanes of at least 4 members (excludes halogenated alkanes) is 5. The van der Waals surface area contributed by atoms with Crippen LogP contribution in [0.3, 0.4) is 0 Å². The Kier molecular flexibility index (Phi) is 13.3. The summed E-state index contributed by atoms with van der Waals surface area (Å²) in [4.78, 5) is 0. The van der Waals surface area contributed by atoms with Gasteiger partial charge in [0.25, 0.3) is 0 Å². The van der Waals surface area contributed by atoms with Gasteiger partial charge in [-0.15, -0.1) is 0 Å². The summed E-state index contributed by atoms with van der Waals surface area (Å²) in [5, 5.41) is 0. The molecule has 0 N–H and O–H groups in total. The fourth-order valence-electron chi connectivity index (χ4n) is 1.33. The molecule has 0 bridgehead atoms. The van der Waals surface area contributed by atoms with Crippen molar-refractivity contribution in [2.24, 2.45) is 5.92 Å². The minimum absolute atomic E-state index is 0. The molecule has 0 aliphatic carbocycles. The van der Waals surface area contributed by atoms with Crippen molar-refractivity contribution in [3.8, 4) is 0 Å². The smallest absolute Gasteiger partial charge is 0.0471 e. The van der Waals surface area contributed by atoms with Crippen LogP contribution in [0.25, 0.3) is 0 Å². The molecular formula is C12H28. The zero-order chi connectivity index (χ0) is 8.53. The third-order valence-electron chi connectivity index (χ3n) is 2.14. The highest BCUT2D eigenvalue weighted by atomic mass is 14.0. The van der Waals surface area contributed by atoms with Crippen molar-refractivity contribution >= 4 is 0 Å². The molecule has 0 amide bonds. The maximum absolute atomic E-state index is 2.31. The van der Waals surface area contributed by atoms with Gasteiger partial charge in [0, 0.05) is 0 Å². The zero-order valence-electron chi connectivity index (χ0n) is 8.53. The summed E-state index contributed by atoms with van der Waals surface area (Å²) in [5.74, 6) is 0.904. The van der Waals surface area contributed by atoms with Crippen LogP contribution in [0, 0.1) is 5.92 Å². The predicted molar refractivity (Wildman–Crippen MR) is 59.6 cm³/mol. The van der Waals surface area contributed by atoms with Gasteiger partial charge in [0.1, 0.15) is 0 Å². The van der Waals surface area contributed by atoms with E-state index in [1.807, 2.05) is 0 Å². The number of hydrogen-bond donors (Lipinski definition) is 0. The first-order valence-electron chi connectivity index (χ1n) is 5.27. The van der Waals surface area contributed by atoms with Crippen molar-refractivity contribution in [3.05, 3.63) is 0 Å². The Balaban J connectivity index is 0. The van der Waals surface area contributed by atoms with Gasteiger partial charge in [-0.2, -0.15) is 0 Å². The van der Waals surface area contributed by atoms with Crippen LogP contribution in [0.2, 0.25) is 0 Å². The summed E-state index contributed by atoms with van der Waals surface area (Å²) < 4.78 is 0. The molecular weight excluding hydrogens is 144 g/mol. The lowest BCUT2D eigenvalue weighted by Crippen LogP contribution is -1.86. The first-order valence-corrected chi connectivity index (χ1v) is 5.27. The summed E-state index contributed by atoms with van der Waals surface area (Å²) >= 11 is 0. The Bertz CT molecular complexity index is 64.4. The molecule has 0 aromatic carbocycles. The molecule has 0 aromatic rings. The summed E-state index contributed by atoms with van der Waals surface area (Å²) in [6.45, 7) is 6.90. The molecule has 0 saturated carbocycles. The lowest BCUT2D eigenvalue weighted by Gasteiger charge is -2.03. The highest BCUT2D eigenvalue weighted by Gasteiger charge is 1.93. The van der Waals surface area contributed by atoms with Crippen LogP contribution in [0.1, 0.15) is 73.1 Å². The van der Waals surface area contributed by atoms with Crippen LogP contribution in [-0.2, 0) is 0 Å². The van der Waals surface area contributed by atoms with E-state index in [1.54, 1.807) is 0 Å². The molecule has 0 saturated heterocycles. The van der Waals surface area contributed by atoms with Gasteiger partial charge in [0.05, 0.1) is 0 Å². The average molecular weight is 172 g/mol. The van der Waals surface area contributed by atoms with E-state index in [4.69, 9.17) is 0 Å². The second-order valence-corrected chi connectivity index (χ2v) is 3.95. The normalized spacial score (nSPS) is 10.0. The quantitative estimate of drug-likeness (QED) is 0.472. The van der Waals surface area contributed by atoms with Crippen molar-refractivity contribution in [2.75, 3.05) is 0 Å². The highest BCUT2D eigenvalue weighted by molar-refractivity contribution is 4.47. The lowest BCUT2D eigenvalue weighted by atomic mass is 10.0. The summed E-state index contributed by atoms with van der Waals surface area (Å²) in [5.41, 5.74) is 0. The fraction of sp³-hybridized carbons (Fsp3) is 1.00. The molecule has 76 valence electrons. The molecule has 0 unspecified atom stereocenters. The molecule has 0 rings (SSSR count). The van der Waals surface area contributed by atoms with Crippen molar-refractivity contribution in [2.45, 2.75) is 73.1 Å². The Hall–Kier alpha value is 0. The van der Waals surface area contributed by atoms with E-state index in [-0.39, 0.29) is 7.43 Å². The predicted octanol–water partition coefficient (Wildman–Crippen LogP) is 5.03. The number of rotatable bonds is 7. The molecule has 0 spiro atoms. The Morgan fingerprint density at radius 3 is 1.83 bits per heavy atom. The summed E-state index contributed by atoms with van der Waals surface area (Å²) in [6.07, 6.45) is 10.0. The number of hydrogen-bond acceptors (Lipinski definition) is 0. The third kappa shape index (κ3) is 12.7. The Morgan fingerprint density at radius 1 is 0.833 bits per heavy atom. The van der Waals surface area contributed by atoms with E-state index in [0.29, 0.717) is 0 Å². The average Bonchev–Trinajstić information content (AvgIpc) is 1.96. The second-order valence-electron chi connectivity index (χ2n) is 3.95. The maximum Gasteiger partial charge on any atom is -0.0471 e. The van der Waals surface area contributed by atoms with Crippen LogP contribution in [-0.4, -0.2) is 0 Å². The molecule has 12 heavy (non-hydrogen) atoms. The van der Waals surface area contributed by atoms with Gasteiger partial charge in [-0.1, -0.05) is 73.1 Å². The molecule has 0 atom stereocenters. The zero-order valence-corrected chi connectivity index (χ0v) is 8.53. The van der Waals surface area contributed by atoms with Crippen LogP contribution in [0.5, 0.6) is 0 Å².